The largest absolute Gasteiger partial charge is 0.382 e. The summed E-state index contributed by atoms with van der Waals surface area (Å²) in [6.45, 7) is 4.66. The summed E-state index contributed by atoms with van der Waals surface area (Å²) in [6.07, 6.45) is 2.97. The number of hydrogen-bond acceptors (Lipinski definition) is 3. The molecule has 1 amide bonds. The summed E-state index contributed by atoms with van der Waals surface area (Å²) in [4.78, 5) is 13.7. The Kier molecular flexibility index (Phi) is 5.62. The van der Waals surface area contributed by atoms with Gasteiger partial charge in [-0.05, 0) is 63.5 Å². The van der Waals surface area contributed by atoms with Crippen LogP contribution in [0.5, 0.6) is 0 Å². The molecule has 116 valence electrons. The summed E-state index contributed by atoms with van der Waals surface area (Å²) >= 11 is 0. The quantitative estimate of drug-likeness (QED) is 0.872. The SMILES string of the molecule is CNC(=O)Cc1ccc(NC(C)C2CCN(C)CC2)cc1. The normalized spacial score (nSPS) is 18.2. The van der Waals surface area contributed by atoms with Crippen LogP contribution in [0, 0.1) is 5.92 Å². The third-order valence-electron chi connectivity index (χ3n) is 4.46. The summed E-state index contributed by atoms with van der Waals surface area (Å²) < 4.78 is 0. The van der Waals surface area contributed by atoms with Crippen LogP contribution >= 0.6 is 0 Å². The van der Waals surface area contributed by atoms with Crippen LogP contribution in [0.4, 0.5) is 5.69 Å². The van der Waals surface area contributed by atoms with E-state index in [0.29, 0.717) is 12.5 Å². The van der Waals surface area contributed by atoms with Crippen LogP contribution in [0.25, 0.3) is 0 Å². The van der Waals surface area contributed by atoms with E-state index in [2.05, 4.69) is 41.6 Å². The molecule has 2 rings (SSSR count). The molecule has 0 aliphatic carbocycles. The Labute approximate surface area is 127 Å². The van der Waals surface area contributed by atoms with Gasteiger partial charge in [0.25, 0.3) is 0 Å². The third kappa shape index (κ3) is 4.74. The highest BCUT2D eigenvalue weighted by Crippen LogP contribution is 2.22. The molecule has 1 aliphatic rings. The monoisotopic (exact) mass is 289 g/mol. The van der Waals surface area contributed by atoms with Crippen molar-refractivity contribution in [2.75, 3.05) is 32.5 Å². The zero-order valence-corrected chi connectivity index (χ0v) is 13.4. The van der Waals surface area contributed by atoms with Crippen molar-refractivity contribution in [2.45, 2.75) is 32.2 Å². The highest BCUT2D eigenvalue weighted by Gasteiger charge is 2.21. The lowest BCUT2D eigenvalue weighted by Crippen LogP contribution is -2.37. The zero-order valence-electron chi connectivity index (χ0n) is 13.4. The van der Waals surface area contributed by atoms with Crippen molar-refractivity contribution < 1.29 is 4.79 Å². The van der Waals surface area contributed by atoms with Crippen LogP contribution in [0.3, 0.4) is 0 Å². The van der Waals surface area contributed by atoms with Gasteiger partial charge in [0.15, 0.2) is 0 Å². The van der Waals surface area contributed by atoms with E-state index in [9.17, 15) is 4.79 Å². The molecule has 2 N–H and O–H groups in total. The van der Waals surface area contributed by atoms with E-state index in [0.717, 1.165) is 17.2 Å². The molecule has 4 heteroatoms. The molecule has 1 unspecified atom stereocenters. The number of anilines is 1. The van der Waals surface area contributed by atoms with E-state index in [1.807, 2.05) is 12.1 Å². The molecular formula is C17H27N3O. The number of piperidine rings is 1. The number of nitrogens with one attached hydrogen (secondary N) is 2. The Morgan fingerprint density at radius 3 is 2.48 bits per heavy atom. The molecule has 1 atom stereocenters. The fourth-order valence-corrected chi connectivity index (χ4v) is 2.90. The number of rotatable bonds is 5. The maximum absolute atomic E-state index is 11.3. The summed E-state index contributed by atoms with van der Waals surface area (Å²) in [5, 5.41) is 6.25. The number of carbonyl (C=O) groups is 1. The first-order valence-electron chi connectivity index (χ1n) is 7.83. The van der Waals surface area contributed by atoms with Crippen molar-refractivity contribution in [3.63, 3.8) is 0 Å². The average molecular weight is 289 g/mol. The maximum Gasteiger partial charge on any atom is 0.224 e. The third-order valence-corrected chi connectivity index (χ3v) is 4.46. The minimum absolute atomic E-state index is 0.0513. The van der Waals surface area contributed by atoms with Crippen molar-refractivity contribution in [2.24, 2.45) is 5.92 Å². The average Bonchev–Trinajstić information content (AvgIpc) is 2.49. The first-order chi connectivity index (χ1) is 10.1. The van der Waals surface area contributed by atoms with E-state index >= 15 is 0 Å². The van der Waals surface area contributed by atoms with Gasteiger partial charge in [-0.15, -0.1) is 0 Å². The molecule has 1 aromatic rings. The molecule has 1 saturated heterocycles. The number of nitrogens with zero attached hydrogens (tertiary/aromatic N) is 1. The molecule has 4 nitrogen and oxygen atoms in total. The minimum atomic E-state index is 0.0513. The predicted molar refractivity (Wildman–Crippen MR) is 87.5 cm³/mol. The molecule has 1 aromatic carbocycles. The Bertz CT molecular complexity index is 450. The van der Waals surface area contributed by atoms with Gasteiger partial charge in [-0.3, -0.25) is 4.79 Å². The molecule has 0 aromatic heterocycles. The number of carbonyl (C=O) groups excluding carboxylic acids is 1. The maximum atomic E-state index is 11.3. The lowest BCUT2D eigenvalue weighted by Gasteiger charge is -2.33. The molecular weight excluding hydrogens is 262 g/mol. The Morgan fingerprint density at radius 1 is 1.29 bits per heavy atom. The first-order valence-corrected chi connectivity index (χ1v) is 7.83. The van der Waals surface area contributed by atoms with Crippen molar-refractivity contribution in [1.82, 2.24) is 10.2 Å². The number of likely N-dealkylation sites (tertiary alicyclic amines) is 1. The van der Waals surface area contributed by atoms with Crippen molar-refractivity contribution in [1.29, 1.82) is 0 Å². The standard InChI is InChI=1S/C17H27N3O/c1-13(15-8-10-20(3)11-9-15)19-16-6-4-14(5-7-16)12-17(21)18-2/h4-7,13,15,19H,8-12H2,1-3H3,(H,18,21). The first kappa shape index (κ1) is 15.8. The summed E-state index contributed by atoms with van der Waals surface area (Å²) in [7, 11) is 3.86. The van der Waals surface area contributed by atoms with Gasteiger partial charge in [0.2, 0.25) is 5.91 Å². The summed E-state index contributed by atoms with van der Waals surface area (Å²) in [5.74, 6) is 0.794. The van der Waals surface area contributed by atoms with Gasteiger partial charge in [-0.1, -0.05) is 12.1 Å². The van der Waals surface area contributed by atoms with Crippen LogP contribution < -0.4 is 10.6 Å². The predicted octanol–water partition coefficient (Wildman–Crippen LogP) is 2.12. The van der Waals surface area contributed by atoms with E-state index in [-0.39, 0.29) is 5.91 Å². The van der Waals surface area contributed by atoms with Gasteiger partial charge < -0.3 is 15.5 Å². The fourth-order valence-electron chi connectivity index (χ4n) is 2.90. The van der Waals surface area contributed by atoms with Gasteiger partial charge in [0.05, 0.1) is 6.42 Å². The van der Waals surface area contributed by atoms with Gasteiger partial charge in [-0.25, -0.2) is 0 Å². The second-order valence-electron chi connectivity index (χ2n) is 6.12. The van der Waals surface area contributed by atoms with Crippen LogP contribution in [-0.2, 0) is 11.2 Å². The highest BCUT2D eigenvalue weighted by molar-refractivity contribution is 5.78. The zero-order chi connectivity index (χ0) is 15.2. The summed E-state index contributed by atoms with van der Waals surface area (Å²) in [5.41, 5.74) is 2.19. The van der Waals surface area contributed by atoms with Crippen molar-refractivity contribution in [3.8, 4) is 0 Å². The van der Waals surface area contributed by atoms with E-state index in [4.69, 9.17) is 0 Å². The number of likely N-dealkylation sites (N-methyl/N-ethyl adjacent to an activating group) is 1. The van der Waals surface area contributed by atoms with Gasteiger partial charge in [0.1, 0.15) is 0 Å². The van der Waals surface area contributed by atoms with Gasteiger partial charge >= 0.3 is 0 Å². The van der Waals surface area contributed by atoms with Gasteiger partial charge in [0, 0.05) is 18.8 Å². The minimum Gasteiger partial charge on any atom is -0.382 e. The molecule has 1 fully saturated rings. The van der Waals surface area contributed by atoms with Crippen LogP contribution in [0.2, 0.25) is 0 Å². The fraction of sp³-hybridized carbons (Fsp3) is 0.588. The van der Waals surface area contributed by atoms with Gasteiger partial charge in [-0.2, -0.15) is 0 Å². The molecule has 0 spiro atoms. The van der Waals surface area contributed by atoms with E-state index in [1.165, 1.54) is 25.9 Å². The van der Waals surface area contributed by atoms with E-state index < -0.39 is 0 Å². The van der Waals surface area contributed by atoms with E-state index in [1.54, 1.807) is 7.05 Å². The molecule has 0 saturated carbocycles. The number of benzene rings is 1. The molecule has 1 aliphatic heterocycles. The smallest absolute Gasteiger partial charge is 0.224 e. The Hall–Kier alpha value is -1.55. The lowest BCUT2D eigenvalue weighted by atomic mass is 9.90. The van der Waals surface area contributed by atoms with Crippen molar-refractivity contribution >= 4 is 11.6 Å². The Morgan fingerprint density at radius 2 is 1.90 bits per heavy atom. The summed E-state index contributed by atoms with van der Waals surface area (Å²) in [6, 6.07) is 8.69. The molecule has 0 radical (unpaired) electrons. The number of amides is 1. The number of hydrogen-bond donors (Lipinski definition) is 2. The molecule has 21 heavy (non-hydrogen) atoms. The second-order valence-corrected chi connectivity index (χ2v) is 6.12. The molecule has 0 bridgehead atoms. The van der Waals surface area contributed by atoms with Crippen LogP contribution in [0.1, 0.15) is 25.3 Å². The second kappa shape index (κ2) is 7.46. The van der Waals surface area contributed by atoms with Crippen molar-refractivity contribution in [3.05, 3.63) is 29.8 Å². The lowest BCUT2D eigenvalue weighted by molar-refractivity contribution is -0.119. The highest BCUT2D eigenvalue weighted by atomic mass is 16.1. The Balaban J connectivity index is 1.86. The topological polar surface area (TPSA) is 44.4 Å². The van der Waals surface area contributed by atoms with Crippen LogP contribution in [0.15, 0.2) is 24.3 Å². The van der Waals surface area contributed by atoms with Crippen LogP contribution in [-0.4, -0.2) is 44.0 Å². The molecule has 1 heterocycles.